The standard InChI is InChI=1S/C21H26N4OS/c1-3-4-13-27-21-23-20-18(24-25-21)16-7-5-6-8-17(16)22-19(26-20)15-11-9-14(2)10-12-15/h5-9,15,19,22H,3-4,10-13H2,1-2H3/t15-,19+/m0/s1. The molecule has 0 saturated carbocycles. The summed E-state index contributed by atoms with van der Waals surface area (Å²) in [5.74, 6) is 2.01. The summed E-state index contributed by atoms with van der Waals surface area (Å²) in [4.78, 5) is 4.72. The number of rotatable bonds is 5. The lowest BCUT2D eigenvalue weighted by Gasteiger charge is -2.29. The number of anilines is 1. The number of nitrogens with one attached hydrogen (secondary N) is 1. The number of fused-ring (bicyclic) bond motifs is 3. The van der Waals surface area contributed by atoms with E-state index in [0.29, 0.717) is 17.0 Å². The first-order valence-corrected chi connectivity index (χ1v) is 10.8. The SMILES string of the molecule is CCCCSc1nnc2c(n1)O[C@H]([C@H]1CC=C(C)CC1)Nc1ccccc1-2. The van der Waals surface area contributed by atoms with Crippen molar-refractivity contribution in [1.29, 1.82) is 0 Å². The monoisotopic (exact) mass is 382 g/mol. The number of unbranched alkanes of at least 4 members (excludes halogenated alkanes) is 1. The maximum absolute atomic E-state index is 6.39. The van der Waals surface area contributed by atoms with E-state index in [1.165, 1.54) is 5.57 Å². The summed E-state index contributed by atoms with van der Waals surface area (Å²) in [6.07, 6.45) is 7.80. The van der Waals surface area contributed by atoms with Gasteiger partial charge >= 0.3 is 0 Å². The molecule has 0 saturated heterocycles. The molecule has 27 heavy (non-hydrogen) atoms. The molecular weight excluding hydrogens is 356 g/mol. The molecule has 0 amide bonds. The first-order valence-electron chi connectivity index (χ1n) is 9.80. The molecule has 2 heterocycles. The van der Waals surface area contributed by atoms with Crippen molar-refractivity contribution < 1.29 is 4.74 Å². The van der Waals surface area contributed by atoms with Crippen LogP contribution in [-0.4, -0.2) is 27.2 Å². The molecule has 5 nitrogen and oxygen atoms in total. The summed E-state index contributed by atoms with van der Waals surface area (Å²) in [5.41, 5.74) is 4.24. The van der Waals surface area contributed by atoms with Crippen LogP contribution in [0.2, 0.25) is 0 Å². The van der Waals surface area contributed by atoms with Gasteiger partial charge in [-0.1, -0.05) is 55.0 Å². The number of thioether (sulfide) groups is 1. The molecule has 142 valence electrons. The van der Waals surface area contributed by atoms with Gasteiger partial charge in [-0.15, -0.1) is 10.2 Å². The van der Waals surface area contributed by atoms with Crippen molar-refractivity contribution in [3.05, 3.63) is 35.9 Å². The Labute approximate surface area is 165 Å². The summed E-state index contributed by atoms with van der Waals surface area (Å²) in [7, 11) is 0. The van der Waals surface area contributed by atoms with Crippen LogP contribution in [0.4, 0.5) is 5.69 Å². The zero-order valence-electron chi connectivity index (χ0n) is 15.9. The summed E-state index contributed by atoms with van der Waals surface area (Å²) in [6.45, 7) is 4.40. The number of aromatic nitrogens is 3. The molecule has 2 atom stereocenters. The van der Waals surface area contributed by atoms with Crippen LogP contribution in [0, 0.1) is 5.92 Å². The van der Waals surface area contributed by atoms with Gasteiger partial charge in [-0.2, -0.15) is 4.98 Å². The van der Waals surface area contributed by atoms with Gasteiger partial charge in [-0.25, -0.2) is 0 Å². The topological polar surface area (TPSA) is 59.9 Å². The van der Waals surface area contributed by atoms with Gasteiger partial charge in [-0.3, -0.25) is 0 Å². The molecule has 2 aliphatic rings. The van der Waals surface area contributed by atoms with Crippen molar-refractivity contribution in [2.75, 3.05) is 11.1 Å². The largest absolute Gasteiger partial charge is 0.452 e. The highest BCUT2D eigenvalue weighted by atomic mass is 32.2. The van der Waals surface area contributed by atoms with Gasteiger partial charge in [0.2, 0.25) is 11.0 Å². The van der Waals surface area contributed by atoms with E-state index in [1.807, 2.05) is 12.1 Å². The Kier molecular flexibility index (Phi) is 5.62. The molecular formula is C21H26N4OS. The van der Waals surface area contributed by atoms with Gasteiger partial charge in [0, 0.05) is 22.9 Å². The fraction of sp³-hybridized carbons (Fsp3) is 0.476. The highest BCUT2D eigenvalue weighted by Crippen LogP contribution is 2.39. The first-order chi connectivity index (χ1) is 13.2. The number of hydrogen-bond acceptors (Lipinski definition) is 6. The molecule has 0 radical (unpaired) electrons. The first kappa shape index (κ1) is 18.3. The quantitative estimate of drug-likeness (QED) is 0.430. The Morgan fingerprint density at radius 2 is 2.15 bits per heavy atom. The van der Waals surface area contributed by atoms with Crippen LogP contribution < -0.4 is 10.1 Å². The second-order valence-electron chi connectivity index (χ2n) is 7.26. The van der Waals surface area contributed by atoms with Crippen LogP contribution in [0.3, 0.4) is 0 Å². The Balaban J connectivity index is 1.66. The van der Waals surface area contributed by atoms with E-state index in [-0.39, 0.29) is 6.23 Å². The zero-order valence-corrected chi connectivity index (χ0v) is 16.8. The van der Waals surface area contributed by atoms with Crippen molar-refractivity contribution in [2.24, 2.45) is 5.92 Å². The normalized spacial score (nSPS) is 21.2. The van der Waals surface area contributed by atoms with E-state index in [9.17, 15) is 0 Å². The minimum atomic E-state index is -0.109. The van der Waals surface area contributed by atoms with Crippen LogP contribution in [0.5, 0.6) is 5.88 Å². The summed E-state index contributed by atoms with van der Waals surface area (Å²) in [6, 6.07) is 8.19. The van der Waals surface area contributed by atoms with Crippen LogP contribution in [0.25, 0.3) is 11.3 Å². The fourth-order valence-electron chi connectivity index (χ4n) is 3.51. The van der Waals surface area contributed by atoms with Gasteiger partial charge in [0.15, 0.2) is 11.9 Å². The predicted octanol–water partition coefficient (Wildman–Crippen LogP) is 5.31. The number of benzene rings is 1. The molecule has 1 aliphatic heterocycles. The second kappa shape index (κ2) is 8.30. The molecule has 0 bridgehead atoms. The number of ether oxygens (including phenoxy) is 1. The van der Waals surface area contributed by atoms with Crippen molar-refractivity contribution in [3.8, 4) is 17.1 Å². The van der Waals surface area contributed by atoms with Crippen LogP contribution in [0.15, 0.2) is 41.1 Å². The average Bonchev–Trinajstić information content (AvgIpc) is 2.85. The van der Waals surface area contributed by atoms with Crippen molar-refractivity contribution in [2.45, 2.75) is 57.3 Å². The Hall–Kier alpha value is -2.08. The minimum absolute atomic E-state index is 0.109. The number of nitrogens with zero attached hydrogens (tertiary/aromatic N) is 3. The second-order valence-corrected chi connectivity index (χ2v) is 8.33. The van der Waals surface area contributed by atoms with Crippen LogP contribution >= 0.6 is 11.8 Å². The van der Waals surface area contributed by atoms with Crippen molar-refractivity contribution >= 4 is 17.4 Å². The van der Waals surface area contributed by atoms with E-state index < -0.39 is 0 Å². The molecule has 1 aliphatic carbocycles. The van der Waals surface area contributed by atoms with E-state index in [0.717, 1.165) is 54.8 Å². The van der Waals surface area contributed by atoms with Gasteiger partial charge in [0.25, 0.3) is 0 Å². The van der Waals surface area contributed by atoms with E-state index in [4.69, 9.17) is 9.72 Å². The number of allylic oxidation sites excluding steroid dienone is 2. The van der Waals surface area contributed by atoms with Gasteiger partial charge in [0.1, 0.15) is 0 Å². The zero-order chi connectivity index (χ0) is 18.6. The maximum atomic E-state index is 6.39. The molecule has 4 rings (SSSR count). The molecule has 6 heteroatoms. The molecule has 1 aromatic heterocycles. The highest BCUT2D eigenvalue weighted by Gasteiger charge is 2.30. The third-order valence-corrected chi connectivity index (χ3v) is 6.11. The average molecular weight is 383 g/mol. The third-order valence-electron chi connectivity index (χ3n) is 5.19. The number of hydrogen-bond donors (Lipinski definition) is 1. The summed E-state index contributed by atoms with van der Waals surface area (Å²) >= 11 is 1.65. The van der Waals surface area contributed by atoms with Crippen molar-refractivity contribution in [3.63, 3.8) is 0 Å². The van der Waals surface area contributed by atoms with Gasteiger partial charge in [0.05, 0.1) is 0 Å². The third kappa shape index (κ3) is 4.10. The molecule has 0 spiro atoms. The Morgan fingerprint density at radius 3 is 2.96 bits per heavy atom. The highest BCUT2D eigenvalue weighted by molar-refractivity contribution is 7.99. The molecule has 0 unspecified atom stereocenters. The molecule has 1 aromatic carbocycles. The summed E-state index contributed by atoms with van der Waals surface area (Å²) < 4.78 is 6.39. The fourth-order valence-corrected chi connectivity index (χ4v) is 4.37. The lowest BCUT2D eigenvalue weighted by Crippen LogP contribution is -2.35. The lowest BCUT2D eigenvalue weighted by molar-refractivity contribution is 0.145. The summed E-state index contributed by atoms with van der Waals surface area (Å²) in [5, 5.41) is 13.1. The lowest BCUT2D eigenvalue weighted by atomic mass is 9.89. The smallest absolute Gasteiger partial charge is 0.247 e. The van der Waals surface area contributed by atoms with Crippen LogP contribution in [-0.2, 0) is 0 Å². The van der Waals surface area contributed by atoms with Gasteiger partial charge < -0.3 is 10.1 Å². The Bertz CT molecular complexity index is 839. The van der Waals surface area contributed by atoms with E-state index >= 15 is 0 Å². The molecule has 2 aromatic rings. The van der Waals surface area contributed by atoms with E-state index in [2.05, 4.69) is 47.6 Å². The van der Waals surface area contributed by atoms with Gasteiger partial charge in [-0.05, 0) is 38.7 Å². The number of para-hydroxylation sites is 1. The predicted molar refractivity (Wildman–Crippen MR) is 110 cm³/mol. The van der Waals surface area contributed by atoms with Crippen LogP contribution in [0.1, 0.15) is 46.0 Å². The molecule has 1 N–H and O–H groups in total. The maximum Gasteiger partial charge on any atom is 0.247 e. The van der Waals surface area contributed by atoms with E-state index in [1.54, 1.807) is 11.8 Å². The minimum Gasteiger partial charge on any atom is -0.452 e. The molecule has 0 fully saturated rings. The van der Waals surface area contributed by atoms with Crippen molar-refractivity contribution in [1.82, 2.24) is 15.2 Å². The Morgan fingerprint density at radius 1 is 1.26 bits per heavy atom.